The zero-order valence-electron chi connectivity index (χ0n) is 15.9. The van der Waals surface area contributed by atoms with E-state index in [1.165, 1.54) is 0 Å². The normalized spacial score (nSPS) is 10.4. The zero-order chi connectivity index (χ0) is 19.8. The maximum atomic E-state index is 12.2. The number of benzene rings is 2. The van der Waals surface area contributed by atoms with Crippen molar-refractivity contribution in [1.82, 2.24) is 10.2 Å². The fraction of sp³-hybridized carbons (Fsp3) is 0.333. The molecule has 0 aliphatic heterocycles. The second-order valence-corrected chi connectivity index (χ2v) is 6.88. The van der Waals surface area contributed by atoms with Crippen molar-refractivity contribution >= 4 is 23.4 Å². The van der Waals surface area contributed by atoms with Crippen molar-refractivity contribution in [2.45, 2.75) is 20.3 Å². The first-order valence-electron chi connectivity index (χ1n) is 8.84. The van der Waals surface area contributed by atoms with Crippen molar-refractivity contribution in [1.29, 1.82) is 0 Å². The highest BCUT2D eigenvalue weighted by molar-refractivity contribution is 6.33. The van der Waals surface area contributed by atoms with Crippen molar-refractivity contribution in [3.63, 3.8) is 0 Å². The van der Waals surface area contributed by atoms with Crippen molar-refractivity contribution in [2.75, 3.05) is 26.7 Å². The van der Waals surface area contributed by atoms with Crippen molar-refractivity contribution in [3.8, 4) is 5.75 Å². The molecule has 0 aromatic heterocycles. The fourth-order valence-electron chi connectivity index (χ4n) is 2.66. The topological polar surface area (TPSA) is 58.6 Å². The number of nitrogens with one attached hydrogen (secondary N) is 1. The quantitative estimate of drug-likeness (QED) is 0.751. The van der Waals surface area contributed by atoms with E-state index in [-0.39, 0.29) is 24.8 Å². The van der Waals surface area contributed by atoms with E-state index in [1.807, 2.05) is 26.0 Å². The van der Waals surface area contributed by atoms with Gasteiger partial charge in [-0.15, -0.1) is 0 Å². The molecule has 1 N–H and O–H groups in total. The number of hydrogen-bond donors (Lipinski definition) is 1. The SMILES string of the molecule is Cc1cc(C)cc(OCCN(C)C(=O)CCNC(=O)c2ccccc2Cl)c1. The molecule has 2 aromatic carbocycles. The number of amides is 2. The number of hydrogen-bond acceptors (Lipinski definition) is 3. The van der Waals surface area contributed by atoms with Gasteiger partial charge in [0.15, 0.2) is 0 Å². The number of carbonyl (C=O) groups excluding carboxylic acids is 2. The van der Waals surface area contributed by atoms with Gasteiger partial charge in [0.05, 0.1) is 17.1 Å². The Kier molecular flexibility index (Phi) is 7.67. The molecule has 0 bridgehead atoms. The summed E-state index contributed by atoms with van der Waals surface area (Å²) in [5.41, 5.74) is 2.69. The van der Waals surface area contributed by atoms with Crippen molar-refractivity contribution in [3.05, 3.63) is 64.2 Å². The molecule has 0 fully saturated rings. The average Bonchev–Trinajstić information content (AvgIpc) is 2.61. The van der Waals surface area contributed by atoms with Crippen LogP contribution in [0, 0.1) is 13.8 Å². The first-order valence-corrected chi connectivity index (χ1v) is 9.22. The van der Waals surface area contributed by atoms with Crippen LogP contribution in [-0.2, 0) is 4.79 Å². The summed E-state index contributed by atoms with van der Waals surface area (Å²) in [6, 6.07) is 12.8. The van der Waals surface area contributed by atoms with Gasteiger partial charge in [0, 0.05) is 20.0 Å². The number of halogens is 1. The lowest BCUT2D eigenvalue weighted by molar-refractivity contribution is -0.130. The van der Waals surface area contributed by atoms with Crippen molar-refractivity contribution < 1.29 is 14.3 Å². The Balaban J connectivity index is 1.71. The second kappa shape index (κ2) is 9.97. The number of carbonyl (C=O) groups is 2. The summed E-state index contributed by atoms with van der Waals surface area (Å²) in [6.45, 7) is 5.19. The van der Waals surface area contributed by atoms with Gasteiger partial charge in [-0.3, -0.25) is 9.59 Å². The molecule has 144 valence electrons. The second-order valence-electron chi connectivity index (χ2n) is 6.47. The van der Waals surface area contributed by atoms with Gasteiger partial charge in [-0.2, -0.15) is 0 Å². The Hall–Kier alpha value is -2.53. The largest absolute Gasteiger partial charge is 0.492 e. The molecule has 2 aromatic rings. The van der Waals surface area contributed by atoms with E-state index >= 15 is 0 Å². The molecule has 2 amide bonds. The van der Waals surface area contributed by atoms with Crippen LogP contribution in [0.4, 0.5) is 0 Å². The standard InChI is InChI=1S/C21H25ClN2O3/c1-15-12-16(2)14-17(13-15)27-11-10-24(3)20(25)8-9-23-21(26)18-6-4-5-7-19(18)22/h4-7,12-14H,8-11H2,1-3H3,(H,23,26). The Bertz CT molecular complexity index is 788. The minimum Gasteiger partial charge on any atom is -0.492 e. The van der Waals surface area contributed by atoms with E-state index in [4.69, 9.17) is 16.3 Å². The molecule has 5 nitrogen and oxygen atoms in total. The third-order valence-corrected chi connectivity index (χ3v) is 4.39. The Morgan fingerprint density at radius 2 is 1.78 bits per heavy atom. The summed E-state index contributed by atoms with van der Waals surface area (Å²) in [5.74, 6) is 0.466. The van der Waals surface area contributed by atoms with E-state index in [0.29, 0.717) is 23.7 Å². The molecule has 0 aliphatic carbocycles. The molecule has 0 saturated heterocycles. The van der Waals surface area contributed by atoms with Crippen LogP contribution in [0.1, 0.15) is 27.9 Å². The maximum absolute atomic E-state index is 12.2. The van der Waals surface area contributed by atoms with Crippen LogP contribution < -0.4 is 10.1 Å². The molecule has 0 atom stereocenters. The summed E-state index contributed by atoms with van der Waals surface area (Å²) < 4.78 is 5.72. The minimum absolute atomic E-state index is 0.0570. The van der Waals surface area contributed by atoms with Gasteiger partial charge in [-0.25, -0.2) is 0 Å². The lowest BCUT2D eigenvalue weighted by atomic mass is 10.1. The van der Waals surface area contributed by atoms with E-state index in [1.54, 1.807) is 36.2 Å². The molecule has 6 heteroatoms. The summed E-state index contributed by atoms with van der Waals surface area (Å²) in [6.07, 6.45) is 0.218. The maximum Gasteiger partial charge on any atom is 0.252 e. The van der Waals surface area contributed by atoms with Crippen LogP contribution in [0.5, 0.6) is 5.75 Å². The monoisotopic (exact) mass is 388 g/mol. The molecular formula is C21H25ClN2O3. The third-order valence-electron chi connectivity index (χ3n) is 4.06. The van der Waals surface area contributed by atoms with Crippen LogP contribution in [0.3, 0.4) is 0 Å². The molecular weight excluding hydrogens is 364 g/mol. The van der Waals surface area contributed by atoms with Gasteiger partial charge in [0.2, 0.25) is 5.91 Å². The Morgan fingerprint density at radius 3 is 2.44 bits per heavy atom. The smallest absolute Gasteiger partial charge is 0.252 e. The van der Waals surface area contributed by atoms with E-state index in [2.05, 4.69) is 11.4 Å². The Morgan fingerprint density at radius 1 is 1.11 bits per heavy atom. The highest BCUT2D eigenvalue weighted by atomic mass is 35.5. The number of ether oxygens (including phenoxy) is 1. The van der Waals surface area contributed by atoms with Crippen LogP contribution in [0.15, 0.2) is 42.5 Å². The summed E-state index contributed by atoms with van der Waals surface area (Å²) in [4.78, 5) is 25.8. The highest BCUT2D eigenvalue weighted by Gasteiger charge is 2.12. The van der Waals surface area contributed by atoms with E-state index < -0.39 is 0 Å². The van der Waals surface area contributed by atoms with Crippen LogP contribution in [0.2, 0.25) is 5.02 Å². The van der Waals surface area contributed by atoms with Gasteiger partial charge in [-0.05, 0) is 49.2 Å². The molecule has 0 unspecified atom stereocenters. The number of likely N-dealkylation sites (N-methyl/N-ethyl adjacent to an activating group) is 1. The van der Waals surface area contributed by atoms with Gasteiger partial charge in [-0.1, -0.05) is 29.8 Å². The van der Waals surface area contributed by atoms with Gasteiger partial charge in [0.25, 0.3) is 5.91 Å². The summed E-state index contributed by atoms with van der Waals surface area (Å²) in [5, 5.41) is 3.11. The highest BCUT2D eigenvalue weighted by Crippen LogP contribution is 2.16. The predicted octanol–water partition coefficient (Wildman–Crippen LogP) is 3.61. The van der Waals surface area contributed by atoms with Gasteiger partial charge in [0.1, 0.15) is 12.4 Å². The molecule has 0 heterocycles. The predicted molar refractivity (Wildman–Crippen MR) is 107 cm³/mol. The summed E-state index contributed by atoms with van der Waals surface area (Å²) >= 11 is 5.99. The molecule has 0 radical (unpaired) electrons. The molecule has 0 spiro atoms. The molecule has 0 saturated carbocycles. The number of rotatable bonds is 8. The van der Waals surface area contributed by atoms with Crippen LogP contribution in [-0.4, -0.2) is 43.5 Å². The minimum atomic E-state index is -0.283. The number of aryl methyl sites for hydroxylation is 2. The molecule has 2 rings (SSSR count). The average molecular weight is 389 g/mol. The lowest BCUT2D eigenvalue weighted by Crippen LogP contribution is -2.34. The van der Waals surface area contributed by atoms with Crippen molar-refractivity contribution in [2.24, 2.45) is 0 Å². The summed E-state index contributed by atoms with van der Waals surface area (Å²) in [7, 11) is 1.73. The van der Waals surface area contributed by atoms with Gasteiger partial charge >= 0.3 is 0 Å². The fourth-order valence-corrected chi connectivity index (χ4v) is 2.88. The van der Waals surface area contributed by atoms with Gasteiger partial charge < -0.3 is 15.0 Å². The third kappa shape index (κ3) is 6.61. The molecule has 27 heavy (non-hydrogen) atoms. The zero-order valence-corrected chi connectivity index (χ0v) is 16.7. The van der Waals surface area contributed by atoms with E-state index in [9.17, 15) is 9.59 Å². The first-order chi connectivity index (χ1) is 12.9. The first kappa shape index (κ1) is 20.8. The van der Waals surface area contributed by atoms with Crippen LogP contribution >= 0.6 is 11.6 Å². The Labute approximate surface area is 165 Å². The van der Waals surface area contributed by atoms with Crippen LogP contribution in [0.25, 0.3) is 0 Å². The lowest BCUT2D eigenvalue weighted by Gasteiger charge is -2.18. The molecule has 0 aliphatic rings. The van der Waals surface area contributed by atoms with E-state index in [0.717, 1.165) is 16.9 Å². The number of nitrogens with zero attached hydrogens (tertiary/aromatic N) is 1.